The van der Waals surface area contributed by atoms with Crippen molar-refractivity contribution in [2.45, 2.75) is 32.8 Å². The molecule has 0 spiro atoms. The Morgan fingerprint density at radius 1 is 1.03 bits per heavy atom. The molecule has 1 fully saturated rings. The molecule has 36 heavy (non-hydrogen) atoms. The zero-order valence-corrected chi connectivity index (χ0v) is 21.0. The summed E-state index contributed by atoms with van der Waals surface area (Å²) in [5.74, 6) is 0.804. The van der Waals surface area contributed by atoms with Crippen molar-refractivity contribution in [3.05, 3.63) is 94.1 Å². The maximum absolute atomic E-state index is 12.9. The van der Waals surface area contributed by atoms with Crippen molar-refractivity contribution in [3.63, 3.8) is 0 Å². The molecule has 4 rings (SSSR count). The summed E-state index contributed by atoms with van der Waals surface area (Å²) < 4.78 is 11.1. The zero-order chi connectivity index (χ0) is 25.5. The van der Waals surface area contributed by atoms with Gasteiger partial charge in [-0.2, -0.15) is 0 Å². The van der Waals surface area contributed by atoms with Gasteiger partial charge < -0.3 is 14.5 Å². The molecule has 2 aromatic carbocycles. The van der Waals surface area contributed by atoms with Crippen LogP contribution in [0.3, 0.4) is 0 Å². The van der Waals surface area contributed by atoms with Crippen molar-refractivity contribution in [1.82, 2.24) is 0 Å². The summed E-state index contributed by atoms with van der Waals surface area (Å²) in [4.78, 5) is 38.0. The van der Waals surface area contributed by atoms with Gasteiger partial charge in [0.2, 0.25) is 5.91 Å². The molecule has 1 aliphatic rings. The third-order valence-corrected chi connectivity index (χ3v) is 6.56. The minimum Gasteiger partial charge on any atom is -0.457 e. The lowest BCUT2D eigenvalue weighted by Crippen LogP contribution is -2.10. The van der Waals surface area contributed by atoms with Crippen molar-refractivity contribution >= 4 is 40.3 Å². The van der Waals surface area contributed by atoms with Gasteiger partial charge in [-0.1, -0.05) is 53.6 Å². The summed E-state index contributed by atoms with van der Waals surface area (Å²) in [6.45, 7) is 2.51. The summed E-state index contributed by atoms with van der Waals surface area (Å²) in [7, 11) is 1.65. The highest BCUT2D eigenvalue weighted by Crippen LogP contribution is 2.32. The number of benzene rings is 2. The van der Waals surface area contributed by atoms with Gasteiger partial charge in [0.1, 0.15) is 11.5 Å². The predicted octanol–water partition coefficient (Wildman–Crippen LogP) is 6.32. The number of aryl methyl sites for hydroxylation is 1. The first-order valence-electron chi connectivity index (χ1n) is 11.6. The Hall–Kier alpha value is -3.68. The predicted molar refractivity (Wildman–Crippen MR) is 142 cm³/mol. The number of ether oxygens (including phenoxy) is 1. The topological polar surface area (TPSA) is 85.6 Å². The summed E-state index contributed by atoms with van der Waals surface area (Å²) in [6, 6.07) is 19.0. The Morgan fingerprint density at radius 2 is 1.78 bits per heavy atom. The number of hydrogen-bond donors (Lipinski definition) is 1. The molecule has 0 bridgehead atoms. The number of carbonyl (C=O) groups is 3. The minimum absolute atomic E-state index is 0.0942. The Balaban J connectivity index is 1.41. The highest BCUT2D eigenvalue weighted by atomic mass is 32.2. The van der Waals surface area contributed by atoms with E-state index in [1.807, 2.05) is 61.5 Å². The van der Waals surface area contributed by atoms with Crippen molar-refractivity contribution in [2.24, 2.45) is 0 Å². The summed E-state index contributed by atoms with van der Waals surface area (Å²) in [5.41, 5.74) is 4.43. The van der Waals surface area contributed by atoms with Gasteiger partial charge in [-0.3, -0.25) is 14.4 Å². The van der Waals surface area contributed by atoms with Crippen LogP contribution < -0.4 is 5.32 Å². The molecule has 1 aromatic heterocycles. The van der Waals surface area contributed by atoms with Crippen LogP contribution in [0.15, 0.2) is 81.6 Å². The lowest BCUT2D eigenvalue weighted by atomic mass is 10.0. The second-order valence-corrected chi connectivity index (χ2v) is 9.67. The van der Waals surface area contributed by atoms with E-state index in [2.05, 4.69) is 5.32 Å². The average molecular weight is 502 g/mol. The smallest absolute Gasteiger partial charge is 0.228 e. The molecular weight excluding hydrogens is 474 g/mol. The molecule has 6 nitrogen and oxygen atoms in total. The number of methoxy groups -OCH3 is 1. The van der Waals surface area contributed by atoms with E-state index < -0.39 is 0 Å². The molecule has 0 saturated carbocycles. The van der Waals surface area contributed by atoms with E-state index in [0.29, 0.717) is 34.3 Å². The first-order valence-corrected chi connectivity index (χ1v) is 12.4. The van der Waals surface area contributed by atoms with E-state index >= 15 is 0 Å². The van der Waals surface area contributed by atoms with Crippen molar-refractivity contribution in [2.75, 3.05) is 12.4 Å². The lowest BCUT2D eigenvalue weighted by Gasteiger charge is -2.05. The van der Waals surface area contributed by atoms with Crippen molar-refractivity contribution in [3.8, 4) is 11.3 Å². The Morgan fingerprint density at radius 3 is 2.50 bits per heavy atom. The standard InChI is InChI=1S/C29H27NO5S/c1-19-3-10-23(11-4-19)30-28(32)14-7-21-15-25(31)27(36-29(33)16-21)17-24-12-13-26(35-24)22-8-5-20(6-9-22)18-34-2/h3-13,17H,14-16,18H2,1-2H3,(H,30,32)/b21-7?,27-17-. The third-order valence-electron chi connectivity index (χ3n) is 5.62. The van der Waals surface area contributed by atoms with Crippen LogP contribution >= 0.6 is 11.8 Å². The fourth-order valence-corrected chi connectivity index (χ4v) is 4.61. The number of Topliss-reactive ketones (excluding diaryl/α,β-unsaturated/α-hetero) is 1. The van der Waals surface area contributed by atoms with E-state index in [9.17, 15) is 14.4 Å². The summed E-state index contributed by atoms with van der Waals surface area (Å²) in [5, 5.41) is 2.68. The Labute approximate surface area is 214 Å². The van der Waals surface area contributed by atoms with Crippen LogP contribution in [0.5, 0.6) is 0 Å². The van der Waals surface area contributed by atoms with Crippen molar-refractivity contribution < 1.29 is 23.5 Å². The maximum atomic E-state index is 12.9. The summed E-state index contributed by atoms with van der Waals surface area (Å²) >= 11 is 0.922. The third kappa shape index (κ3) is 6.93. The minimum atomic E-state index is -0.197. The first-order chi connectivity index (χ1) is 17.4. The van der Waals surface area contributed by atoms with Gasteiger partial charge in [-0.25, -0.2) is 0 Å². The van der Waals surface area contributed by atoms with Gasteiger partial charge in [0.05, 0.1) is 11.5 Å². The Bertz CT molecular complexity index is 1320. The maximum Gasteiger partial charge on any atom is 0.228 e. The van der Waals surface area contributed by atoms with Gasteiger partial charge in [0, 0.05) is 37.6 Å². The zero-order valence-electron chi connectivity index (χ0n) is 20.2. The fourth-order valence-electron chi connectivity index (χ4n) is 3.74. The molecule has 0 atom stereocenters. The second-order valence-electron chi connectivity index (χ2n) is 8.57. The van der Waals surface area contributed by atoms with Gasteiger partial charge >= 0.3 is 0 Å². The van der Waals surface area contributed by atoms with Crippen molar-refractivity contribution in [1.29, 1.82) is 0 Å². The molecule has 7 heteroatoms. The lowest BCUT2D eigenvalue weighted by molar-refractivity contribution is -0.116. The van der Waals surface area contributed by atoms with E-state index in [-0.39, 0.29) is 36.1 Å². The molecular formula is C29H27NO5S. The number of furan rings is 1. The molecule has 0 radical (unpaired) electrons. The van der Waals surface area contributed by atoms with Crippen LogP contribution in [-0.2, 0) is 25.7 Å². The Kier molecular flexibility index (Phi) is 8.36. The number of hydrogen-bond acceptors (Lipinski definition) is 6. The molecule has 0 aliphatic carbocycles. The number of anilines is 1. The molecule has 2 heterocycles. The highest BCUT2D eigenvalue weighted by Gasteiger charge is 2.23. The SMILES string of the molecule is COCc1ccc(-c2ccc(/C=C3\SC(=O)CC(=CCC(=O)Nc4ccc(C)cc4)CC3=O)o2)cc1. The average Bonchev–Trinajstić information content (AvgIpc) is 3.27. The quantitative estimate of drug-likeness (QED) is 0.301. The molecule has 1 N–H and O–H groups in total. The van der Waals surface area contributed by atoms with E-state index in [4.69, 9.17) is 9.15 Å². The van der Waals surface area contributed by atoms with Gasteiger partial charge in [-0.05, 0) is 54.6 Å². The number of thioether (sulfide) groups is 1. The van der Waals surface area contributed by atoms with Crippen LogP contribution in [0.4, 0.5) is 5.69 Å². The molecule has 0 unspecified atom stereocenters. The number of allylic oxidation sites excluding steroid dienone is 2. The van der Waals surface area contributed by atoms with Crippen LogP contribution in [-0.4, -0.2) is 23.9 Å². The number of nitrogens with one attached hydrogen (secondary N) is 1. The number of carbonyl (C=O) groups excluding carboxylic acids is 3. The molecule has 3 aromatic rings. The molecule has 1 aliphatic heterocycles. The monoisotopic (exact) mass is 501 g/mol. The first kappa shape index (κ1) is 25.4. The second kappa shape index (κ2) is 11.8. The van der Waals surface area contributed by atoms with Crippen LogP contribution in [0.2, 0.25) is 0 Å². The highest BCUT2D eigenvalue weighted by molar-refractivity contribution is 8.17. The van der Waals surface area contributed by atoms with Crippen LogP contribution in [0.1, 0.15) is 36.1 Å². The molecule has 1 amide bonds. The largest absolute Gasteiger partial charge is 0.457 e. The number of ketones is 1. The van der Waals surface area contributed by atoms with Gasteiger partial charge in [0.15, 0.2) is 10.9 Å². The van der Waals surface area contributed by atoms with E-state index in [1.165, 1.54) is 0 Å². The van der Waals surface area contributed by atoms with E-state index in [0.717, 1.165) is 28.5 Å². The number of amides is 1. The van der Waals surface area contributed by atoms with E-state index in [1.54, 1.807) is 25.3 Å². The summed E-state index contributed by atoms with van der Waals surface area (Å²) in [6.07, 6.45) is 3.61. The molecule has 184 valence electrons. The van der Waals surface area contributed by atoms with Gasteiger partial charge in [0.25, 0.3) is 0 Å². The number of rotatable bonds is 7. The van der Waals surface area contributed by atoms with Gasteiger partial charge in [-0.15, -0.1) is 0 Å². The normalized spacial score (nSPS) is 16.4. The van der Waals surface area contributed by atoms with Crippen LogP contribution in [0.25, 0.3) is 17.4 Å². The molecule has 1 saturated heterocycles. The fraction of sp³-hybridized carbons (Fsp3) is 0.207. The van der Waals surface area contributed by atoms with Crippen LogP contribution in [0, 0.1) is 6.92 Å².